The Labute approximate surface area is 111 Å². The van der Waals surface area contributed by atoms with E-state index in [1.165, 1.54) is 0 Å². The molecule has 82 valence electrons. The lowest BCUT2D eigenvalue weighted by molar-refractivity contribution is 1.51. The van der Waals surface area contributed by atoms with Crippen LogP contribution in [0.15, 0.2) is 51.4 Å². The van der Waals surface area contributed by atoms with Gasteiger partial charge in [-0.3, -0.25) is 0 Å². The molecule has 0 atom stereocenters. The number of halogens is 2. The molecule has 0 saturated heterocycles. The molecular formula is C12H10Br2N2. The summed E-state index contributed by atoms with van der Waals surface area (Å²) in [5.74, 6) is 0. The molecule has 2 aromatic rings. The average molecular weight is 342 g/mol. The normalized spacial score (nSPS) is 10.1. The summed E-state index contributed by atoms with van der Waals surface area (Å²) in [4.78, 5) is 0. The fourth-order valence-electron chi connectivity index (χ4n) is 1.32. The van der Waals surface area contributed by atoms with E-state index in [0.717, 1.165) is 26.0 Å². The van der Waals surface area contributed by atoms with E-state index in [2.05, 4.69) is 37.2 Å². The van der Waals surface area contributed by atoms with Crippen LogP contribution in [0.3, 0.4) is 0 Å². The van der Waals surface area contributed by atoms with Crippen molar-refractivity contribution in [2.75, 3.05) is 11.1 Å². The molecule has 0 aromatic heterocycles. The van der Waals surface area contributed by atoms with Gasteiger partial charge in [0.15, 0.2) is 0 Å². The predicted molar refractivity (Wildman–Crippen MR) is 76.0 cm³/mol. The maximum absolute atomic E-state index is 5.63. The van der Waals surface area contributed by atoms with Crippen molar-refractivity contribution >= 4 is 48.9 Å². The molecule has 0 aliphatic carbocycles. The topological polar surface area (TPSA) is 38.0 Å². The largest absolute Gasteiger partial charge is 0.399 e. The Morgan fingerprint density at radius 3 is 2.31 bits per heavy atom. The molecule has 0 spiro atoms. The Morgan fingerprint density at radius 2 is 1.62 bits per heavy atom. The Morgan fingerprint density at radius 1 is 0.938 bits per heavy atom. The maximum Gasteiger partial charge on any atom is 0.0539 e. The number of nitrogens with two attached hydrogens (primary N) is 1. The first-order valence-electron chi connectivity index (χ1n) is 4.73. The third-order valence-corrected chi connectivity index (χ3v) is 3.30. The highest BCUT2D eigenvalue weighted by molar-refractivity contribution is 9.11. The van der Waals surface area contributed by atoms with Crippen molar-refractivity contribution in [2.45, 2.75) is 0 Å². The molecule has 0 aliphatic heterocycles. The first kappa shape index (κ1) is 11.5. The van der Waals surface area contributed by atoms with Crippen LogP contribution in [-0.4, -0.2) is 0 Å². The van der Waals surface area contributed by atoms with Gasteiger partial charge in [0.2, 0.25) is 0 Å². The second-order valence-corrected chi connectivity index (χ2v) is 5.14. The van der Waals surface area contributed by atoms with Crippen molar-refractivity contribution in [3.63, 3.8) is 0 Å². The number of benzene rings is 2. The van der Waals surface area contributed by atoms with E-state index >= 15 is 0 Å². The highest BCUT2D eigenvalue weighted by Crippen LogP contribution is 2.29. The molecule has 16 heavy (non-hydrogen) atoms. The fraction of sp³-hybridized carbons (Fsp3) is 0. The molecule has 0 heterocycles. The van der Waals surface area contributed by atoms with Crippen LogP contribution in [0.2, 0.25) is 0 Å². The van der Waals surface area contributed by atoms with Gasteiger partial charge in [0.05, 0.1) is 5.69 Å². The number of rotatable bonds is 2. The van der Waals surface area contributed by atoms with E-state index in [0.29, 0.717) is 0 Å². The van der Waals surface area contributed by atoms with Crippen molar-refractivity contribution in [3.8, 4) is 0 Å². The van der Waals surface area contributed by atoms with Crippen molar-refractivity contribution < 1.29 is 0 Å². The quantitative estimate of drug-likeness (QED) is 0.787. The number of hydrogen-bond donors (Lipinski definition) is 2. The lowest BCUT2D eigenvalue weighted by atomic mass is 10.2. The van der Waals surface area contributed by atoms with Crippen LogP contribution in [0.1, 0.15) is 0 Å². The molecule has 0 radical (unpaired) electrons. The Hall–Kier alpha value is -1.00. The standard InChI is InChI=1S/C12H10Br2N2/c13-8-1-6-11(14)12(7-8)16-10-4-2-9(15)3-5-10/h1-7,16H,15H2. The summed E-state index contributed by atoms with van der Waals surface area (Å²) < 4.78 is 2.06. The van der Waals surface area contributed by atoms with Crippen molar-refractivity contribution in [2.24, 2.45) is 0 Å². The van der Waals surface area contributed by atoms with Crippen LogP contribution in [0, 0.1) is 0 Å². The first-order chi connectivity index (χ1) is 7.65. The molecule has 0 saturated carbocycles. The smallest absolute Gasteiger partial charge is 0.0539 e. The van der Waals surface area contributed by atoms with Gasteiger partial charge in [-0.1, -0.05) is 15.9 Å². The molecule has 2 rings (SSSR count). The lowest BCUT2D eigenvalue weighted by Crippen LogP contribution is -1.92. The minimum atomic E-state index is 0.763. The second-order valence-electron chi connectivity index (χ2n) is 3.37. The van der Waals surface area contributed by atoms with Gasteiger partial charge in [0.1, 0.15) is 0 Å². The number of nitrogen functional groups attached to an aromatic ring is 1. The summed E-state index contributed by atoms with van der Waals surface area (Å²) in [5, 5.41) is 3.31. The van der Waals surface area contributed by atoms with Gasteiger partial charge in [-0.2, -0.15) is 0 Å². The van der Waals surface area contributed by atoms with Crippen molar-refractivity contribution in [3.05, 3.63) is 51.4 Å². The van der Waals surface area contributed by atoms with Gasteiger partial charge < -0.3 is 11.1 Å². The molecular weight excluding hydrogens is 332 g/mol. The fourth-order valence-corrected chi connectivity index (χ4v) is 2.02. The van der Waals surface area contributed by atoms with Crippen LogP contribution < -0.4 is 11.1 Å². The van der Waals surface area contributed by atoms with Gasteiger partial charge in [-0.05, 0) is 58.4 Å². The Bertz CT molecular complexity index is 495. The molecule has 0 bridgehead atoms. The van der Waals surface area contributed by atoms with Crippen molar-refractivity contribution in [1.82, 2.24) is 0 Å². The van der Waals surface area contributed by atoms with E-state index in [9.17, 15) is 0 Å². The van der Waals surface area contributed by atoms with Gasteiger partial charge in [-0.15, -0.1) is 0 Å². The van der Waals surface area contributed by atoms with Gasteiger partial charge in [0.25, 0.3) is 0 Å². The first-order valence-corrected chi connectivity index (χ1v) is 6.31. The molecule has 0 fully saturated rings. The third-order valence-electron chi connectivity index (χ3n) is 2.12. The molecule has 0 amide bonds. The average Bonchev–Trinajstić information content (AvgIpc) is 2.27. The number of hydrogen-bond acceptors (Lipinski definition) is 2. The summed E-state index contributed by atoms with van der Waals surface area (Å²) in [6.07, 6.45) is 0. The molecule has 0 unspecified atom stereocenters. The van der Waals surface area contributed by atoms with Crippen LogP contribution in [-0.2, 0) is 0 Å². The Kier molecular flexibility index (Phi) is 3.51. The summed E-state index contributed by atoms with van der Waals surface area (Å²) in [6.45, 7) is 0. The van der Waals surface area contributed by atoms with Gasteiger partial charge in [0, 0.05) is 20.3 Å². The van der Waals surface area contributed by atoms with E-state index in [-0.39, 0.29) is 0 Å². The molecule has 4 heteroatoms. The summed E-state index contributed by atoms with van der Waals surface area (Å²) in [7, 11) is 0. The highest BCUT2D eigenvalue weighted by Gasteiger charge is 2.00. The maximum atomic E-state index is 5.63. The second kappa shape index (κ2) is 4.89. The van der Waals surface area contributed by atoms with Gasteiger partial charge >= 0.3 is 0 Å². The van der Waals surface area contributed by atoms with Crippen molar-refractivity contribution in [1.29, 1.82) is 0 Å². The molecule has 2 aromatic carbocycles. The van der Waals surface area contributed by atoms with E-state index in [1.54, 1.807) is 0 Å². The lowest BCUT2D eigenvalue weighted by Gasteiger charge is -2.09. The minimum Gasteiger partial charge on any atom is -0.399 e. The van der Waals surface area contributed by atoms with Crippen LogP contribution in [0.4, 0.5) is 17.1 Å². The predicted octanol–water partition coefficient (Wildman–Crippen LogP) is 4.54. The minimum absolute atomic E-state index is 0.763. The molecule has 3 N–H and O–H groups in total. The van der Waals surface area contributed by atoms with Crippen LogP contribution in [0.25, 0.3) is 0 Å². The summed E-state index contributed by atoms with van der Waals surface area (Å²) in [5.41, 5.74) is 8.41. The van der Waals surface area contributed by atoms with E-state index in [4.69, 9.17) is 5.73 Å². The number of anilines is 3. The number of nitrogens with one attached hydrogen (secondary N) is 1. The third kappa shape index (κ3) is 2.77. The highest BCUT2D eigenvalue weighted by atomic mass is 79.9. The summed E-state index contributed by atoms with van der Waals surface area (Å²) >= 11 is 6.93. The Balaban J connectivity index is 2.26. The van der Waals surface area contributed by atoms with E-state index in [1.807, 2.05) is 42.5 Å². The molecule has 0 aliphatic rings. The summed E-state index contributed by atoms with van der Waals surface area (Å²) in [6, 6.07) is 13.6. The van der Waals surface area contributed by atoms with Gasteiger partial charge in [-0.25, -0.2) is 0 Å². The van der Waals surface area contributed by atoms with E-state index < -0.39 is 0 Å². The monoisotopic (exact) mass is 340 g/mol. The zero-order valence-corrected chi connectivity index (χ0v) is 11.5. The SMILES string of the molecule is Nc1ccc(Nc2cc(Br)ccc2Br)cc1. The molecule has 2 nitrogen and oxygen atoms in total. The zero-order valence-electron chi connectivity index (χ0n) is 8.37. The van der Waals surface area contributed by atoms with Crippen LogP contribution >= 0.6 is 31.9 Å². The van der Waals surface area contributed by atoms with Crippen LogP contribution in [0.5, 0.6) is 0 Å². The zero-order chi connectivity index (χ0) is 11.5.